The zero-order valence-electron chi connectivity index (χ0n) is 15.7. The van der Waals surface area contributed by atoms with Crippen LogP contribution in [0.4, 0.5) is 0 Å². The molecule has 3 rings (SSSR count). The maximum absolute atomic E-state index is 12.5. The van der Waals surface area contributed by atoms with E-state index in [1.165, 1.54) is 11.1 Å². The molecular formula is C22H28N2O2. The first kappa shape index (κ1) is 18.5. The molecule has 1 aliphatic heterocycles. The largest absolute Gasteiger partial charge is 0.497 e. The highest BCUT2D eigenvalue weighted by Gasteiger charge is 2.32. The van der Waals surface area contributed by atoms with Gasteiger partial charge in [-0.2, -0.15) is 0 Å². The van der Waals surface area contributed by atoms with Gasteiger partial charge in [-0.3, -0.25) is 9.69 Å². The lowest BCUT2D eigenvalue weighted by Gasteiger charge is -2.37. The normalized spacial score (nSPS) is 20.5. The maximum Gasteiger partial charge on any atom is 0.224 e. The summed E-state index contributed by atoms with van der Waals surface area (Å²) in [5, 5.41) is 3.00. The Morgan fingerprint density at radius 1 is 1.15 bits per heavy atom. The van der Waals surface area contributed by atoms with Gasteiger partial charge in [-0.15, -0.1) is 0 Å². The topological polar surface area (TPSA) is 41.6 Å². The Bertz CT molecular complexity index is 717. The van der Waals surface area contributed by atoms with Crippen molar-refractivity contribution in [1.82, 2.24) is 10.2 Å². The van der Waals surface area contributed by atoms with Gasteiger partial charge in [-0.05, 0) is 42.5 Å². The highest BCUT2D eigenvalue weighted by Crippen LogP contribution is 2.31. The minimum absolute atomic E-state index is 0.0273. The minimum Gasteiger partial charge on any atom is -0.497 e. The summed E-state index contributed by atoms with van der Waals surface area (Å²) in [4.78, 5) is 14.9. The SMILES string of the molecule is CCNC(=O)C1CC(c2ccccc2)CN(Cc2cccc(OC)c2)C1. The zero-order chi connectivity index (χ0) is 18.4. The number of nitrogens with one attached hydrogen (secondary N) is 1. The third-order valence-corrected chi connectivity index (χ3v) is 5.06. The van der Waals surface area contributed by atoms with Crippen molar-refractivity contribution >= 4 is 5.91 Å². The van der Waals surface area contributed by atoms with Crippen molar-refractivity contribution in [2.75, 3.05) is 26.7 Å². The Morgan fingerprint density at radius 2 is 1.96 bits per heavy atom. The van der Waals surface area contributed by atoms with Crippen LogP contribution in [0.2, 0.25) is 0 Å². The van der Waals surface area contributed by atoms with Gasteiger partial charge >= 0.3 is 0 Å². The highest BCUT2D eigenvalue weighted by molar-refractivity contribution is 5.79. The number of nitrogens with zero attached hydrogens (tertiary/aromatic N) is 1. The Morgan fingerprint density at radius 3 is 2.69 bits per heavy atom. The number of amides is 1. The number of hydrogen-bond acceptors (Lipinski definition) is 3. The number of carbonyl (C=O) groups is 1. The molecule has 1 fully saturated rings. The van der Waals surface area contributed by atoms with Crippen LogP contribution in [0, 0.1) is 5.92 Å². The Hall–Kier alpha value is -2.33. The molecule has 2 atom stereocenters. The Kier molecular flexibility index (Phi) is 6.29. The van der Waals surface area contributed by atoms with Crippen LogP contribution in [0.25, 0.3) is 0 Å². The van der Waals surface area contributed by atoms with E-state index in [2.05, 4.69) is 46.6 Å². The van der Waals surface area contributed by atoms with E-state index in [9.17, 15) is 4.79 Å². The van der Waals surface area contributed by atoms with E-state index in [1.54, 1.807) is 7.11 Å². The van der Waals surface area contributed by atoms with Crippen LogP contribution >= 0.6 is 0 Å². The summed E-state index contributed by atoms with van der Waals surface area (Å²) in [6.45, 7) is 5.25. The van der Waals surface area contributed by atoms with Gasteiger partial charge in [0.25, 0.3) is 0 Å². The molecule has 1 aliphatic rings. The molecule has 1 heterocycles. The van der Waals surface area contributed by atoms with Crippen molar-refractivity contribution in [3.05, 3.63) is 65.7 Å². The van der Waals surface area contributed by atoms with Crippen molar-refractivity contribution in [2.24, 2.45) is 5.92 Å². The van der Waals surface area contributed by atoms with E-state index >= 15 is 0 Å². The zero-order valence-corrected chi connectivity index (χ0v) is 15.7. The smallest absolute Gasteiger partial charge is 0.224 e. The first-order chi connectivity index (χ1) is 12.7. The Labute approximate surface area is 156 Å². The van der Waals surface area contributed by atoms with Crippen LogP contribution in [0.1, 0.15) is 30.4 Å². The van der Waals surface area contributed by atoms with Crippen LogP contribution in [-0.2, 0) is 11.3 Å². The lowest BCUT2D eigenvalue weighted by molar-refractivity contribution is -0.127. The number of rotatable bonds is 6. The standard InChI is InChI=1S/C22H28N2O2/c1-3-23-22(25)20-13-19(18-9-5-4-6-10-18)15-24(16-20)14-17-8-7-11-21(12-17)26-2/h4-12,19-20H,3,13-16H2,1-2H3,(H,23,25). The highest BCUT2D eigenvalue weighted by atomic mass is 16.5. The molecule has 0 bridgehead atoms. The second-order valence-corrected chi connectivity index (χ2v) is 6.98. The molecule has 0 saturated carbocycles. The number of piperidine rings is 1. The van der Waals surface area contributed by atoms with E-state index in [-0.39, 0.29) is 11.8 Å². The monoisotopic (exact) mass is 352 g/mol. The number of carbonyl (C=O) groups excluding carboxylic acids is 1. The van der Waals surface area contributed by atoms with Gasteiger partial charge < -0.3 is 10.1 Å². The lowest BCUT2D eigenvalue weighted by atomic mass is 9.84. The molecule has 0 spiro atoms. The second kappa shape index (κ2) is 8.86. The molecule has 2 unspecified atom stereocenters. The summed E-state index contributed by atoms with van der Waals surface area (Å²) in [5.74, 6) is 1.45. The van der Waals surface area contributed by atoms with Crippen LogP contribution in [0.5, 0.6) is 5.75 Å². The number of likely N-dealkylation sites (tertiary alicyclic amines) is 1. The van der Waals surface area contributed by atoms with Gasteiger partial charge in [0.1, 0.15) is 5.75 Å². The van der Waals surface area contributed by atoms with Gasteiger partial charge in [-0.25, -0.2) is 0 Å². The predicted octanol–water partition coefficient (Wildman–Crippen LogP) is 3.44. The molecule has 2 aromatic rings. The molecule has 1 saturated heterocycles. The number of hydrogen-bond donors (Lipinski definition) is 1. The second-order valence-electron chi connectivity index (χ2n) is 6.98. The minimum atomic E-state index is 0.0273. The summed E-state index contributed by atoms with van der Waals surface area (Å²) < 4.78 is 5.34. The number of ether oxygens (including phenoxy) is 1. The van der Waals surface area contributed by atoms with Crippen LogP contribution in [-0.4, -0.2) is 37.6 Å². The summed E-state index contributed by atoms with van der Waals surface area (Å²) in [5.41, 5.74) is 2.53. The number of methoxy groups -OCH3 is 1. The van der Waals surface area contributed by atoms with E-state index in [4.69, 9.17) is 4.74 Å². The first-order valence-electron chi connectivity index (χ1n) is 9.37. The third kappa shape index (κ3) is 4.64. The van der Waals surface area contributed by atoms with E-state index in [0.29, 0.717) is 12.5 Å². The molecule has 4 heteroatoms. The molecule has 138 valence electrons. The third-order valence-electron chi connectivity index (χ3n) is 5.06. The van der Waals surface area contributed by atoms with Crippen LogP contribution < -0.4 is 10.1 Å². The first-order valence-corrected chi connectivity index (χ1v) is 9.37. The van der Waals surface area contributed by atoms with Gasteiger partial charge in [-0.1, -0.05) is 42.5 Å². The lowest BCUT2D eigenvalue weighted by Crippen LogP contribution is -2.45. The molecular weight excluding hydrogens is 324 g/mol. The fourth-order valence-corrected chi connectivity index (χ4v) is 3.82. The molecule has 2 aromatic carbocycles. The van der Waals surface area contributed by atoms with Gasteiger partial charge in [0.05, 0.1) is 13.0 Å². The maximum atomic E-state index is 12.5. The molecule has 1 N–H and O–H groups in total. The fraction of sp³-hybridized carbons (Fsp3) is 0.409. The van der Waals surface area contributed by atoms with Crippen molar-refractivity contribution in [3.8, 4) is 5.75 Å². The Balaban J connectivity index is 1.77. The average molecular weight is 352 g/mol. The summed E-state index contributed by atoms with van der Waals surface area (Å²) in [6.07, 6.45) is 0.907. The quantitative estimate of drug-likeness (QED) is 0.866. The fourth-order valence-electron chi connectivity index (χ4n) is 3.82. The van der Waals surface area contributed by atoms with E-state index in [1.807, 2.05) is 25.1 Å². The molecule has 4 nitrogen and oxygen atoms in total. The van der Waals surface area contributed by atoms with Crippen LogP contribution in [0.3, 0.4) is 0 Å². The molecule has 0 aromatic heterocycles. The molecule has 0 aliphatic carbocycles. The van der Waals surface area contributed by atoms with Crippen molar-refractivity contribution in [1.29, 1.82) is 0 Å². The van der Waals surface area contributed by atoms with Crippen molar-refractivity contribution in [2.45, 2.75) is 25.8 Å². The molecule has 1 amide bonds. The van der Waals surface area contributed by atoms with E-state index < -0.39 is 0 Å². The van der Waals surface area contributed by atoms with Crippen molar-refractivity contribution < 1.29 is 9.53 Å². The summed E-state index contributed by atoms with van der Waals surface area (Å²) >= 11 is 0. The van der Waals surface area contributed by atoms with Crippen LogP contribution in [0.15, 0.2) is 54.6 Å². The van der Waals surface area contributed by atoms with Crippen molar-refractivity contribution in [3.63, 3.8) is 0 Å². The summed E-state index contributed by atoms with van der Waals surface area (Å²) in [6, 6.07) is 18.7. The average Bonchev–Trinajstić information content (AvgIpc) is 2.69. The number of benzene rings is 2. The van der Waals surface area contributed by atoms with Gasteiger partial charge in [0, 0.05) is 26.2 Å². The van der Waals surface area contributed by atoms with Gasteiger partial charge in [0.15, 0.2) is 0 Å². The van der Waals surface area contributed by atoms with E-state index in [0.717, 1.165) is 31.8 Å². The predicted molar refractivity (Wildman–Crippen MR) is 104 cm³/mol. The summed E-state index contributed by atoms with van der Waals surface area (Å²) in [7, 11) is 1.69. The molecule has 0 radical (unpaired) electrons. The van der Waals surface area contributed by atoms with Gasteiger partial charge in [0.2, 0.25) is 5.91 Å². The molecule has 26 heavy (non-hydrogen) atoms.